The molecule has 0 atom stereocenters. The lowest BCUT2D eigenvalue weighted by Crippen LogP contribution is -2.25. The summed E-state index contributed by atoms with van der Waals surface area (Å²) in [6.45, 7) is 0.684. The first-order valence-corrected chi connectivity index (χ1v) is 4.78. The van der Waals surface area contributed by atoms with Crippen LogP contribution in [0.1, 0.15) is 0 Å². The molecule has 4 nitrogen and oxygen atoms in total. The average molecular weight is 168 g/mol. The lowest BCUT2D eigenvalue weighted by molar-refractivity contribution is 0.414. The maximum absolute atomic E-state index is 9.07. The fourth-order valence-corrected chi connectivity index (χ4v) is 1.24. The fraction of sp³-hybridized carbons (Fsp3) is 1.00. The van der Waals surface area contributed by atoms with Gasteiger partial charge in [-0.1, -0.05) is 0 Å². The third-order valence-corrected chi connectivity index (χ3v) is 2.56. The second kappa shape index (κ2) is 4.15. The summed E-state index contributed by atoms with van der Waals surface area (Å²) in [7, 11) is 2.83. The Labute approximate surface area is 63.7 Å². The van der Waals surface area contributed by atoms with Crippen molar-refractivity contribution in [3.63, 3.8) is 0 Å². The van der Waals surface area contributed by atoms with Gasteiger partial charge in [-0.15, -0.1) is 10.8 Å². The smallest absolute Gasteiger partial charge is 0.0655 e. The average Bonchev–Trinajstić information content (AvgIpc) is 1.85. The van der Waals surface area contributed by atoms with E-state index in [2.05, 4.69) is 4.72 Å². The summed E-state index contributed by atoms with van der Waals surface area (Å²) in [5.74, 6) is 0.385. The first-order chi connectivity index (χ1) is 4.48. The number of rotatable bonds is 4. The highest BCUT2D eigenvalue weighted by Crippen LogP contribution is 2.31. The maximum Gasteiger partial charge on any atom is 0.0655 e. The van der Waals surface area contributed by atoms with E-state index >= 15 is 0 Å². The monoisotopic (exact) mass is 168 g/mol. The summed E-state index contributed by atoms with van der Waals surface area (Å²) in [5.41, 5.74) is 0. The second-order valence-corrected chi connectivity index (χ2v) is 4.53. The molecular weight excluding hydrogens is 152 g/mol. The van der Waals surface area contributed by atoms with E-state index in [0.717, 1.165) is 0 Å². The minimum atomic E-state index is -2.51. The molecule has 0 radical (unpaired) electrons. The van der Waals surface area contributed by atoms with Gasteiger partial charge in [-0.2, -0.15) is 0 Å². The first-order valence-electron chi connectivity index (χ1n) is 3.07. The Morgan fingerprint density at radius 1 is 1.40 bits per heavy atom. The standard InChI is InChI=1S/C5H16N2O2S/c1-6-10(8,9)5-4-7(2)3/h6,8-9H,4-5H2,1-3H3. The summed E-state index contributed by atoms with van der Waals surface area (Å²) in [4.78, 5) is 1.91. The molecule has 0 aromatic rings. The zero-order chi connectivity index (χ0) is 8.20. The molecule has 0 unspecified atom stereocenters. The van der Waals surface area contributed by atoms with Gasteiger partial charge in [0.25, 0.3) is 0 Å². The molecule has 0 bridgehead atoms. The predicted molar refractivity (Wildman–Crippen MR) is 45.3 cm³/mol. The third kappa shape index (κ3) is 5.01. The van der Waals surface area contributed by atoms with E-state index in [1.54, 1.807) is 7.05 Å². The normalized spacial score (nSPS) is 14.2. The van der Waals surface area contributed by atoms with E-state index in [1.807, 2.05) is 19.0 Å². The molecule has 0 aliphatic carbocycles. The Bertz CT molecular complexity index is 97.6. The summed E-state index contributed by atoms with van der Waals surface area (Å²) in [6, 6.07) is 0. The molecule has 0 saturated carbocycles. The zero-order valence-electron chi connectivity index (χ0n) is 6.66. The summed E-state index contributed by atoms with van der Waals surface area (Å²) >= 11 is 0. The molecule has 0 rings (SSSR count). The molecule has 0 aromatic carbocycles. The molecule has 64 valence electrons. The van der Waals surface area contributed by atoms with Crippen molar-refractivity contribution in [2.24, 2.45) is 0 Å². The molecule has 0 fully saturated rings. The maximum atomic E-state index is 9.07. The van der Waals surface area contributed by atoms with Crippen LogP contribution in [0, 0.1) is 0 Å². The molecule has 0 spiro atoms. The van der Waals surface area contributed by atoms with E-state index in [9.17, 15) is 0 Å². The van der Waals surface area contributed by atoms with Crippen molar-refractivity contribution in [1.82, 2.24) is 9.62 Å². The van der Waals surface area contributed by atoms with Gasteiger partial charge in [0.05, 0.1) is 5.75 Å². The van der Waals surface area contributed by atoms with Crippen LogP contribution >= 0.6 is 10.8 Å². The Balaban J connectivity index is 3.46. The topological polar surface area (TPSA) is 55.7 Å². The highest BCUT2D eigenvalue weighted by Gasteiger charge is 2.07. The van der Waals surface area contributed by atoms with Crippen LogP contribution in [-0.4, -0.2) is 47.4 Å². The lowest BCUT2D eigenvalue weighted by Gasteiger charge is -2.31. The van der Waals surface area contributed by atoms with Gasteiger partial charge < -0.3 is 4.90 Å². The van der Waals surface area contributed by atoms with Gasteiger partial charge in [0, 0.05) is 13.6 Å². The van der Waals surface area contributed by atoms with E-state index in [0.29, 0.717) is 12.3 Å². The van der Waals surface area contributed by atoms with E-state index in [1.165, 1.54) is 0 Å². The minimum absolute atomic E-state index is 0.385. The van der Waals surface area contributed by atoms with Gasteiger partial charge in [0.1, 0.15) is 0 Å². The van der Waals surface area contributed by atoms with Crippen molar-refractivity contribution >= 4 is 10.8 Å². The molecule has 0 aliphatic heterocycles. The van der Waals surface area contributed by atoms with Crippen LogP contribution in [0.2, 0.25) is 0 Å². The van der Waals surface area contributed by atoms with E-state index in [-0.39, 0.29) is 0 Å². The predicted octanol–water partition coefficient (Wildman–Crippen LogP) is 0.433. The molecule has 0 amide bonds. The molecule has 0 aliphatic rings. The van der Waals surface area contributed by atoms with Crippen LogP contribution in [0.3, 0.4) is 0 Å². The van der Waals surface area contributed by atoms with Crippen LogP contribution in [0.15, 0.2) is 0 Å². The molecule has 0 aromatic heterocycles. The van der Waals surface area contributed by atoms with Crippen molar-refractivity contribution in [1.29, 1.82) is 0 Å². The van der Waals surface area contributed by atoms with E-state index in [4.69, 9.17) is 9.11 Å². The fourth-order valence-electron chi connectivity index (χ4n) is 0.412. The minimum Gasteiger partial charge on any atom is -0.308 e. The van der Waals surface area contributed by atoms with Crippen molar-refractivity contribution in [2.75, 3.05) is 33.4 Å². The summed E-state index contributed by atoms with van der Waals surface area (Å²) in [6.07, 6.45) is 0. The molecule has 10 heavy (non-hydrogen) atoms. The molecule has 5 heteroatoms. The first kappa shape index (κ1) is 10.2. The van der Waals surface area contributed by atoms with Gasteiger partial charge in [0.2, 0.25) is 0 Å². The Kier molecular flexibility index (Phi) is 4.23. The largest absolute Gasteiger partial charge is 0.308 e. The van der Waals surface area contributed by atoms with Gasteiger partial charge in [0.15, 0.2) is 0 Å². The van der Waals surface area contributed by atoms with Crippen molar-refractivity contribution < 1.29 is 9.11 Å². The second-order valence-electron chi connectivity index (χ2n) is 2.38. The Morgan fingerprint density at radius 3 is 2.20 bits per heavy atom. The zero-order valence-corrected chi connectivity index (χ0v) is 7.48. The number of hydrogen-bond acceptors (Lipinski definition) is 4. The molecular formula is C5H16N2O2S. The quantitative estimate of drug-likeness (QED) is 0.570. The van der Waals surface area contributed by atoms with Crippen LogP contribution in [0.5, 0.6) is 0 Å². The van der Waals surface area contributed by atoms with Crippen LogP contribution in [0.25, 0.3) is 0 Å². The highest BCUT2D eigenvalue weighted by molar-refractivity contribution is 8.22. The summed E-state index contributed by atoms with van der Waals surface area (Å²) in [5, 5.41) is 0. The van der Waals surface area contributed by atoms with Crippen LogP contribution in [-0.2, 0) is 0 Å². The molecule has 3 N–H and O–H groups in total. The Hall–Kier alpha value is 0.190. The van der Waals surface area contributed by atoms with Crippen molar-refractivity contribution in [2.45, 2.75) is 0 Å². The number of nitrogens with one attached hydrogen (secondary N) is 1. The lowest BCUT2D eigenvalue weighted by atomic mass is 10.7. The molecule has 0 saturated heterocycles. The number of nitrogens with zero attached hydrogens (tertiary/aromatic N) is 1. The van der Waals surface area contributed by atoms with Crippen LogP contribution < -0.4 is 4.72 Å². The highest BCUT2D eigenvalue weighted by atomic mass is 32.3. The SMILES string of the molecule is CNS(O)(O)CCN(C)C. The van der Waals surface area contributed by atoms with E-state index < -0.39 is 10.8 Å². The Morgan fingerprint density at radius 2 is 1.90 bits per heavy atom. The van der Waals surface area contributed by atoms with Gasteiger partial charge in [-0.05, 0) is 14.1 Å². The van der Waals surface area contributed by atoms with Gasteiger partial charge >= 0.3 is 0 Å². The van der Waals surface area contributed by atoms with Crippen molar-refractivity contribution in [3.05, 3.63) is 0 Å². The third-order valence-electron chi connectivity index (χ3n) is 1.15. The molecule has 0 heterocycles. The van der Waals surface area contributed by atoms with Gasteiger partial charge in [-0.3, -0.25) is 9.11 Å². The number of hydrogen-bond donors (Lipinski definition) is 3. The summed E-state index contributed by atoms with van der Waals surface area (Å²) < 4.78 is 20.6. The van der Waals surface area contributed by atoms with Gasteiger partial charge in [-0.25, -0.2) is 4.72 Å². The van der Waals surface area contributed by atoms with Crippen LogP contribution in [0.4, 0.5) is 0 Å². The van der Waals surface area contributed by atoms with Crippen molar-refractivity contribution in [3.8, 4) is 0 Å².